The van der Waals surface area contributed by atoms with Crippen molar-refractivity contribution in [2.75, 3.05) is 25.0 Å². The third-order valence-electron chi connectivity index (χ3n) is 4.68. The molecule has 4 heterocycles. The number of fused-ring (bicyclic) bond motifs is 4. The Morgan fingerprint density at radius 3 is 2.84 bits per heavy atom. The Hall–Kier alpha value is -1.61. The van der Waals surface area contributed by atoms with E-state index in [-0.39, 0.29) is 0 Å². The topological polar surface area (TPSA) is 28.2 Å². The summed E-state index contributed by atoms with van der Waals surface area (Å²) in [7, 11) is 0. The van der Waals surface area contributed by atoms with Crippen molar-refractivity contribution in [2.24, 2.45) is 5.92 Å². The first kappa shape index (κ1) is 11.2. The molecule has 5 rings (SSSR count). The van der Waals surface area contributed by atoms with Gasteiger partial charge in [0.15, 0.2) is 0 Å². The second-order valence-electron chi connectivity index (χ2n) is 5.79. The minimum Gasteiger partial charge on any atom is -0.380 e. The fourth-order valence-electron chi connectivity index (χ4n) is 3.58. The van der Waals surface area contributed by atoms with Crippen molar-refractivity contribution in [3.8, 4) is 0 Å². The summed E-state index contributed by atoms with van der Waals surface area (Å²) < 4.78 is 0. The van der Waals surface area contributed by atoms with Gasteiger partial charge < -0.3 is 10.2 Å². The molecule has 0 spiro atoms. The molecular weight excluding hydrogens is 234 g/mol. The molecule has 0 radical (unpaired) electrons. The molecule has 0 saturated carbocycles. The Labute approximate surface area is 113 Å². The molecule has 0 aliphatic carbocycles. The number of anilines is 1. The van der Waals surface area contributed by atoms with Gasteiger partial charge in [-0.15, -0.1) is 0 Å². The summed E-state index contributed by atoms with van der Waals surface area (Å²) in [5.74, 6) is 0.849. The number of aromatic nitrogens is 1. The number of benzene rings is 1. The van der Waals surface area contributed by atoms with Gasteiger partial charge in [-0.2, -0.15) is 0 Å². The molecule has 2 aromatic rings. The van der Waals surface area contributed by atoms with Gasteiger partial charge in [0.05, 0.1) is 0 Å². The molecule has 3 fully saturated rings. The van der Waals surface area contributed by atoms with Gasteiger partial charge >= 0.3 is 0 Å². The molecule has 3 saturated heterocycles. The average molecular weight is 253 g/mol. The maximum Gasteiger partial charge on any atom is 0.0423 e. The van der Waals surface area contributed by atoms with Crippen molar-refractivity contribution in [1.82, 2.24) is 9.88 Å². The maximum atomic E-state index is 4.20. The van der Waals surface area contributed by atoms with Gasteiger partial charge in [0.25, 0.3) is 0 Å². The molecule has 3 aliphatic heterocycles. The lowest BCUT2D eigenvalue weighted by atomic mass is 9.84. The summed E-state index contributed by atoms with van der Waals surface area (Å²) in [6.45, 7) is 3.79. The van der Waals surface area contributed by atoms with Crippen molar-refractivity contribution in [2.45, 2.75) is 18.9 Å². The normalized spacial score (nSPS) is 29.6. The Balaban J connectivity index is 1.65. The standard InChI is InChI=1S/C16H19N3/c1-2-13-10-17-7-4-14(13)15(3-1)18-16-11-19-8-5-12(16)6-9-19/h1-4,7,10,12,16,18H,5-6,8-9,11H2. The molecule has 1 unspecified atom stereocenters. The van der Waals surface area contributed by atoms with E-state index in [4.69, 9.17) is 0 Å². The Kier molecular flexibility index (Phi) is 2.66. The highest BCUT2D eigenvalue weighted by Crippen LogP contribution is 2.31. The van der Waals surface area contributed by atoms with Crippen LogP contribution < -0.4 is 5.32 Å². The van der Waals surface area contributed by atoms with Crippen molar-refractivity contribution in [3.63, 3.8) is 0 Å². The molecule has 1 aromatic carbocycles. The van der Waals surface area contributed by atoms with E-state index in [0.717, 1.165) is 5.92 Å². The highest BCUT2D eigenvalue weighted by atomic mass is 15.2. The van der Waals surface area contributed by atoms with Gasteiger partial charge in [-0.3, -0.25) is 4.98 Å². The quantitative estimate of drug-likeness (QED) is 0.892. The lowest BCUT2D eigenvalue weighted by molar-refractivity contribution is 0.0976. The summed E-state index contributed by atoms with van der Waals surface area (Å²) in [4.78, 5) is 6.79. The first-order chi connectivity index (χ1) is 9.40. The molecule has 19 heavy (non-hydrogen) atoms. The number of piperidine rings is 3. The minimum absolute atomic E-state index is 0.612. The number of hydrogen-bond acceptors (Lipinski definition) is 3. The highest BCUT2D eigenvalue weighted by Gasteiger charge is 2.33. The third kappa shape index (κ3) is 1.98. The predicted octanol–water partition coefficient (Wildman–Crippen LogP) is 2.74. The fourth-order valence-corrected chi connectivity index (χ4v) is 3.58. The summed E-state index contributed by atoms with van der Waals surface area (Å²) >= 11 is 0. The number of pyridine rings is 1. The number of rotatable bonds is 2. The van der Waals surface area contributed by atoms with E-state index in [2.05, 4.69) is 39.5 Å². The number of nitrogens with one attached hydrogen (secondary N) is 1. The zero-order valence-electron chi connectivity index (χ0n) is 11.0. The Morgan fingerprint density at radius 1 is 1.16 bits per heavy atom. The van der Waals surface area contributed by atoms with E-state index >= 15 is 0 Å². The van der Waals surface area contributed by atoms with E-state index in [9.17, 15) is 0 Å². The van der Waals surface area contributed by atoms with Crippen LogP contribution in [0.25, 0.3) is 10.8 Å². The molecule has 2 bridgehead atoms. The first-order valence-electron chi connectivity index (χ1n) is 7.22. The van der Waals surface area contributed by atoms with Crippen molar-refractivity contribution in [3.05, 3.63) is 36.7 Å². The van der Waals surface area contributed by atoms with Crippen LogP contribution in [-0.4, -0.2) is 35.6 Å². The molecule has 3 aliphatic rings. The van der Waals surface area contributed by atoms with Gasteiger partial charge in [0.2, 0.25) is 0 Å². The van der Waals surface area contributed by atoms with Crippen LogP contribution in [0.3, 0.4) is 0 Å². The second kappa shape index (κ2) is 4.49. The molecule has 3 heteroatoms. The molecule has 1 aromatic heterocycles. The number of hydrogen-bond donors (Lipinski definition) is 1. The van der Waals surface area contributed by atoms with E-state index in [1.165, 1.54) is 48.9 Å². The highest BCUT2D eigenvalue weighted by molar-refractivity contribution is 5.93. The first-order valence-corrected chi connectivity index (χ1v) is 7.22. The van der Waals surface area contributed by atoms with Crippen LogP contribution in [-0.2, 0) is 0 Å². The van der Waals surface area contributed by atoms with Crippen LogP contribution in [0.5, 0.6) is 0 Å². The SMILES string of the molecule is c1cc(NC2CN3CCC2CC3)c2ccncc2c1. The minimum atomic E-state index is 0.612. The third-order valence-corrected chi connectivity index (χ3v) is 4.68. The van der Waals surface area contributed by atoms with Gasteiger partial charge in [-0.25, -0.2) is 0 Å². The Bertz CT molecular complexity index is 582. The van der Waals surface area contributed by atoms with Crippen molar-refractivity contribution < 1.29 is 0 Å². The van der Waals surface area contributed by atoms with Crippen molar-refractivity contribution >= 4 is 16.5 Å². The molecular formula is C16H19N3. The average Bonchev–Trinajstić information content (AvgIpc) is 2.49. The van der Waals surface area contributed by atoms with Crippen LogP contribution >= 0.6 is 0 Å². The maximum absolute atomic E-state index is 4.20. The van der Waals surface area contributed by atoms with Crippen LogP contribution in [0.2, 0.25) is 0 Å². The molecule has 1 atom stereocenters. The van der Waals surface area contributed by atoms with E-state index in [1.54, 1.807) is 0 Å². The summed E-state index contributed by atoms with van der Waals surface area (Å²) in [5.41, 5.74) is 1.26. The fraction of sp³-hybridized carbons (Fsp3) is 0.438. The van der Waals surface area contributed by atoms with E-state index in [1.807, 2.05) is 12.4 Å². The lowest BCUT2D eigenvalue weighted by Gasteiger charge is -2.45. The largest absolute Gasteiger partial charge is 0.380 e. The van der Waals surface area contributed by atoms with Crippen LogP contribution in [0.1, 0.15) is 12.8 Å². The second-order valence-corrected chi connectivity index (χ2v) is 5.79. The molecule has 98 valence electrons. The molecule has 3 nitrogen and oxygen atoms in total. The van der Waals surface area contributed by atoms with Crippen LogP contribution in [0, 0.1) is 5.92 Å². The lowest BCUT2D eigenvalue weighted by Crippen LogP contribution is -2.53. The van der Waals surface area contributed by atoms with Gasteiger partial charge in [0, 0.05) is 41.4 Å². The van der Waals surface area contributed by atoms with Gasteiger partial charge in [0.1, 0.15) is 0 Å². The molecule has 0 amide bonds. The number of nitrogens with zero attached hydrogens (tertiary/aromatic N) is 2. The molecule has 1 N–H and O–H groups in total. The Morgan fingerprint density at radius 2 is 2.05 bits per heavy atom. The zero-order valence-corrected chi connectivity index (χ0v) is 11.0. The van der Waals surface area contributed by atoms with Crippen LogP contribution in [0.4, 0.5) is 5.69 Å². The van der Waals surface area contributed by atoms with Gasteiger partial charge in [-0.05, 0) is 44.0 Å². The van der Waals surface area contributed by atoms with E-state index in [0.29, 0.717) is 6.04 Å². The van der Waals surface area contributed by atoms with E-state index < -0.39 is 0 Å². The monoisotopic (exact) mass is 253 g/mol. The summed E-state index contributed by atoms with van der Waals surface area (Å²) in [5, 5.41) is 6.29. The predicted molar refractivity (Wildman–Crippen MR) is 78.3 cm³/mol. The summed E-state index contributed by atoms with van der Waals surface area (Å²) in [6.07, 6.45) is 6.52. The summed E-state index contributed by atoms with van der Waals surface area (Å²) in [6, 6.07) is 9.16. The van der Waals surface area contributed by atoms with Crippen LogP contribution in [0.15, 0.2) is 36.7 Å². The smallest absolute Gasteiger partial charge is 0.0423 e. The van der Waals surface area contributed by atoms with Gasteiger partial charge in [-0.1, -0.05) is 12.1 Å². The zero-order chi connectivity index (χ0) is 12.7. The van der Waals surface area contributed by atoms with Crippen molar-refractivity contribution in [1.29, 1.82) is 0 Å².